The number of amides is 2. The molecule has 114 valence electrons. The molecule has 1 aliphatic rings. The molecular formula is C17H24N2O2. The average molecular weight is 288 g/mol. The van der Waals surface area contributed by atoms with Gasteiger partial charge in [0, 0.05) is 24.2 Å². The molecule has 1 heterocycles. The van der Waals surface area contributed by atoms with Gasteiger partial charge in [0.05, 0.1) is 0 Å². The molecule has 1 aromatic carbocycles. The zero-order valence-corrected chi connectivity index (χ0v) is 13.3. The minimum atomic E-state index is -0.540. The number of hydrogen-bond acceptors (Lipinski definition) is 2. The van der Waals surface area contributed by atoms with Crippen molar-refractivity contribution in [1.82, 2.24) is 5.32 Å². The van der Waals surface area contributed by atoms with E-state index >= 15 is 0 Å². The number of unbranched alkanes of at least 4 members (excludes halogenated alkanes) is 1. The number of carbonyl (C=O) groups excluding carboxylic acids is 2. The van der Waals surface area contributed by atoms with Gasteiger partial charge in [0.1, 0.15) is 6.04 Å². The summed E-state index contributed by atoms with van der Waals surface area (Å²) in [4.78, 5) is 25.8. The summed E-state index contributed by atoms with van der Waals surface area (Å²) in [6.07, 6.45) is 3.28. The lowest BCUT2D eigenvalue weighted by molar-refractivity contribution is -0.126. The third kappa shape index (κ3) is 3.09. The molecule has 0 aromatic heterocycles. The molecule has 4 nitrogen and oxygen atoms in total. The minimum absolute atomic E-state index is 0.0390. The third-order valence-corrected chi connectivity index (χ3v) is 3.83. The second-order valence-corrected chi connectivity index (χ2v) is 5.93. The lowest BCUT2D eigenvalue weighted by Gasteiger charge is -2.22. The van der Waals surface area contributed by atoms with Gasteiger partial charge < -0.3 is 10.2 Å². The Hall–Kier alpha value is -1.84. The number of carbonyl (C=O) groups is 2. The summed E-state index contributed by atoms with van der Waals surface area (Å²) in [7, 11) is 0. The maximum absolute atomic E-state index is 12.6. The second kappa shape index (κ2) is 6.29. The molecule has 0 bridgehead atoms. The first-order valence-electron chi connectivity index (χ1n) is 7.68. The van der Waals surface area contributed by atoms with E-state index < -0.39 is 6.04 Å². The van der Waals surface area contributed by atoms with Gasteiger partial charge in [-0.15, -0.1) is 0 Å². The summed E-state index contributed by atoms with van der Waals surface area (Å²) in [5, 5.41) is 2.79. The fraction of sp³-hybridized carbons (Fsp3) is 0.529. The summed E-state index contributed by atoms with van der Waals surface area (Å²) in [5.74, 6) is -0.216. The van der Waals surface area contributed by atoms with E-state index in [1.54, 1.807) is 4.90 Å². The van der Waals surface area contributed by atoms with E-state index in [0.717, 1.165) is 30.5 Å². The quantitative estimate of drug-likeness (QED) is 0.905. The first kappa shape index (κ1) is 15.5. The zero-order valence-electron chi connectivity index (χ0n) is 13.3. The number of hydrogen-bond donors (Lipinski definition) is 1. The predicted molar refractivity (Wildman–Crippen MR) is 84.2 cm³/mol. The largest absolute Gasteiger partial charge is 0.341 e. The molecular weight excluding hydrogens is 264 g/mol. The Labute approximate surface area is 126 Å². The molecule has 1 aliphatic heterocycles. The predicted octanol–water partition coefficient (Wildman–Crippen LogP) is 2.96. The number of rotatable bonds is 5. The fourth-order valence-electron chi connectivity index (χ4n) is 2.86. The summed E-state index contributed by atoms with van der Waals surface area (Å²) in [6, 6.07) is 5.72. The van der Waals surface area contributed by atoms with Crippen LogP contribution in [0.5, 0.6) is 0 Å². The van der Waals surface area contributed by atoms with Crippen LogP contribution in [-0.2, 0) is 16.0 Å². The maximum Gasteiger partial charge on any atom is 0.254 e. The molecule has 21 heavy (non-hydrogen) atoms. The molecule has 2 amide bonds. The SMILES string of the molecule is CCCCc1ccc2c(c1)[C@@H](NC(C)=O)C(=O)N2C(C)C. The van der Waals surface area contributed by atoms with Crippen LogP contribution in [0.15, 0.2) is 18.2 Å². The molecule has 0 fully saturated rings. The van der Waals surface area contributed by atoms with Crippen LogP contribution in [0.25, 0.3) is 0 Å². The Balaban J connectivity index is 2.40. The molecule has 2 rings (SSSR count). The molecule has 0 unspecified atom stereocenters. The summed E-state index contributed by atoms with van der Waals surface area (Å²) in [6.45, 7) is 7.59. The van der Waals surface area contributed by atoms with E-state index in [9.17, 15) is 9.59 Å². The van der Waals surface area contributed by atoms with E-state index in [2.05, 4.69) is 24.4 Å². The third-order valence-electron chi connectivity index (χ3n) is 3.83. The van der Waals surface area contributed by atoms with E-state index in [1.165, 1.54) is 12.5 Å². The first-order valence-corrected chi connectivity index (χ1v) is 7.68. The number of benzene rings is 1. The molecule has 0 saturated carbocycles. The van der Waals surface area contributed by atoms with Crippen molar-refractivity contribution in [3.05, 3.63) is 29.3 Å². The highest BCUT2D eigenvalue weighted by Gasteiger charge is 2.39. The lowest BCUT2D eigenvalue weighted by Crippen LogP contribution is -2.39. The van der Waals surface area contributed by atoms with Crippen molar-refractivity contribution in [3.8, 4) is 0 Å². The van der Waals surface area contributed by atoms with Gasteiger partial charge >= 0.3 is 0 Å². The van der Waals surface area contributed by atoms with Crippen molar-refractivity contribution in [2.75, 3.05) is 4.90 Å². The van der Waals surface area contributed by atoms with E-state index in [1.807, 2.05) is 19.9 Å². The summed E-state index contributed by atoms with van der Waals surface area (Å²) >= 11 is 0. The van der Waals surface area contributed by atoms with Gasteiger partial charge in [-0.05, 0) is 38.3 Å². The highest BCUT2D eigenvalue weighted by Crippen LogP contribution is 2.38. The van der Waals surface area contributed by atoms with E-state index in [-0.39, 0.29) is 17.9 Å². The van der Waals surface area contributed by atoms with Gasteiger partial charge in [-0.25, -0.2) is 0 Å². The number of nitrogens with one attached hydrogen (secondary N) is 1. The van der Waals surface area contributed by atoms with Gasteiger partial charge in [-0.2, -0.15) is 0 Å². The Morgan fingerprint density at radius 2 is 2.10 bits per heavy atom. The lowest BCUT2D eigenvalue weighted by atomic mass is 10.0. The van der Waals surface area contributed by atoms with Crippen LogP contribution in [0, 0.1) is 0 Å². The highest BCUT2D eigenvalue weighted by atomic mass is 16.2. The van der Waals surface area contributed by atoms with Crippen molar-refractivity contribution in [1.29, 1.82) is 0 Å². The highest BCUT2D eigenvalue weighted by molar-refractivity contribution is 6.06. The Bertz CT molecular complexity index is 552. The van der Waals surface area contributed by atoms with Gasteiger partial charge in [0.15, 0.2) is 0 Å². The normalized spacial score (nSPS) is 17.3. The number of anilines is 1. The molecule has 0 radical (unpaired) electrons. The Morgan fingerprint density at radius 1 is 1.38 bits per heavy atom. The zero-order chi connectivity index (χ0) is 15.6. The monoisotopic (exact) mass is 288 g/mol. The molecule has 0 aliphatic carbocycles. The van der Waals surface area contributed by atoms with Crippen molar-refractivity contribution in [3.63, 3.8) is 0 Å². The summed E-state index contributed by atoms with van der Waals surface area (Å²) < 4.78 is 0. The molecule has 0 spiro atoms. The number of aryl methyl sites for hydroxylation is 1. The van der Waals surface area contributed by atoms with Crippen LogP contribution in [0.2, 0.25) is 0 Å². The Kier molecular flexibility index (Phi) is 4.66. The molecule has 1 aromatic rings. The van der Waals surface area contributed by atoms with Gasteiger partial charge in [-0.3, -0.25) is 9.59 Å². The van der Waals surface area contributed by atoms with Crippen molar-refractivity contribution >= 4 is 17.5 Å². The second-order valence-electron chi connectivity index (χ2n) is 5.93. The molecule has 1 atom stereocenters. The van der Waals surface area contributed by atoms with Crippen LogP contribution in [0.1, 0.15) is 57.7 Å². The van der Waals surface area contributed by atoms with Crippen molar-refractivity contribution < 1.29 is 9.59 Å². The van der Waals surface area contributed by atoms with E-state index in [0.29, 0.717) is 0 Å². The number of nitrogens with zero attached hydrogens (tertiary/aromatic N) is 1. The molecule has 0 saturated heterocycles. The maximum atomic E-state index is 12.6. The van der Waals surface area contributed by atoms with E-state index in [4.69, 9.17) is 0 Å². The Morgan fingerprint density at radius 3 is 2.67 bits per heavy atom. The average Bonchev–Trinajstić information content (AvgIpc) is 2.68. The standard InChI is InChI=1S/C17H24N2O2/c1-5-6-7-13-8-9-15-14(10-13)16(18-12(4)20)17(21)19(15)11(2)3/h8-11,16H,5-7H2,1-4H3,(H,18,20)/t16-/m1/s1. The van der Waals surface area contributed by atoms with Gasteiger partial charge in [0.2, 0.25) is 5.91 Å². The van der Waals surface area contributed by atoms with Gasteiger partial charge in [0.25, 0.3) is 5.91 Å². The smallest absolute Gasteiger partial charge is 0.254 e. The van der Waals surface area contributed by atoms with Gasteiger partial charge in [-0.1, -0.05) is 25.5 Å². The van der Waals surface area contributed by atoms with Crippen molar-refractivity contribution in [2.24, 2.45) is 0 Å². The number of fused-ring (bicyclic) bond motifs is 1. The van der Waals surface area contributed by atoms with Crippen molar-refractivity contribution in [2.45, 2.75) is 59.0 Å². The minimum Gasteiger partial charge on any atom is -0.341 e. The molecule has 4 heteroatoms. The van der Waals surface area contributed by atoms with Crippen LogP contribution < -0.4 is 10.2 Å². The van der Waals surface area contributed by atoms with Crippen LogP contribution in [0.4, 0.5) is 5.69 Å². The van der Waals surface area contributed by atoms with Crippen LogP contribution >= 0.6 is 0 Å². The fourth-order valence-corrected chi connectivity index (χ4v) is 2.86. The first-order chi connectivity index (χ1) is 9.95. The van der Waals surface area contributed by atoms with Crippen LogP contribution in [-0.4, -0.2) is 17.9 Å². The summed E-state index contributed by atoms with van der Waals surface area (Å²) in [5.41, 5.74) is 3.08. The molecule has 1 N–H and O–H groups in total. The topological polar surface area (TPSA) is 49.4 Å². The van der Waals surface area contributed by atoms with Crippen LogP contribution in [0.3, 0.4) is 0 Å².